The molecule has 0 saturated heterocycles. The highest BCUT2D eigenvalue weighted by molar-refractivity contribution is 5.92. The summed E-state index contributed by atoms with van der Waals surface area (Å²) >= 11 is 0. The molecule has 21 heavy (non-hydrogen) atoms. The summed E-state index contributed by atoms with van der Waals surface area (Å²) in [6.45, 7) is 0. The van der Waals surface area contributed by atoms with Crippen LogP contribution < -0.4 is 15.8 Å². The fraction of sp³-hybridized carbons (Fsp3) is 0.500. The van der Waals surface area contributed by atoms with E-state index in [1.807, 2.05) is 0 Å². The molecule has 1 aromatic rings. The highest BCUT2D eigenvalue weighted by Crippen LogP contribution is 2.51. The summed E-state index contributed by atoms with van der Waals surface area (Å²) in [6.07, 6.45) is -1.000. The van der Waals surface area contributed by atoms with Crippen LogP contribution >= 0.6 is 0 Å². The summed E-state index contributed by atoms with van der Waals surface area (Å²) < 4.78 is 39.9. The van der Waals surface area contributed by atoms with Crippen LogP contribution in [0.5, 0.6) is 5.75 Å². The predicted octanol–water partition coefficient (Wildman–Crippen LogP) is 3.11. The maximum absolute atomic E-state index is 12.0. The van der Waals surface area contributed by atoms with Gasteiger partial charge in [-0.2, -0.15) is 0 Å². The molecule has 0 aliphatic heterocycles. The molecule has 2 atom stereocenters. The van der Waals surface area contributed by atoms with E-state index >= 15 is 0 Å². The van der Waals surface area contributed by atoms with E-state index in [9.17, 15) is 13.2 Å². The van der Waals surface area contributed by atoms with Gasteiger partial charge in [0.2, 0.25) is 0 Å². The number of guanidine groups is 1. The number of nitrogens with zero attached hydrogens (tertiary/aromatic N) is 1. The third-order valence-corrected chi connectivity index (χ3v) is 3.70. The highest BCUT2D eigenvalue weighted by Gasteiger charge is 2.47. The van der Waals surface area contributed by atoms with Gasteiger partial charge in [-0.05, 0) is 55.4 Å². The molecular weight excluding hydrogens is 283 g/mol. The van der Waals surface area contributed by atoms with Crippen LogP contribution in [0.15, 0.2) is 29.3 Å². The number of nitrogens with one attached hydrogen (secondary N) is 1. The molecule has 3 rings (SSSR count). The maximum Gasteiger partial charge on any atom is 0.573 e. The second-order valence-corrected chi connectivity index (χ2v) is 5.52. The number of anilines is 1. The second-order valence-electron chi connectivity index (χ2n) is 5.52. The summed E-state index contributed by atoms with van der Waals surface area (Å²) in [4.78, 5) is 4.38. The Hall–Kier alpha value is -1.92. The predicted molar refractivity (Wildman–Crippen MR) is 73.0 cm³/mol. The van der Waals surface area contributed by atoms with E-state index in [4.69, 9.17) is 5.73 Å². The molecule has 2 saturated carbocycles. The number of rotatable bonds is 4. The Balaban J connectivity index is 1.53. The summed E-state index contributed by atoms with van der Waals surface area (Å²) in [5.41, 5.74) is 6.38. The first-order chi connectivity index (χ1) is 9.90. The van der Waals surface area contributed by atoms with E-state index in [1.165, 1.54) is 37.1 Å². The number of alkyl halides is 3. The maximum atomic E-state index is 12.0. The van der Waals surface area contributed by atoms with Crippen LogP contribution in [0.25, 0.3) is 0 Å². The molecule has 0 radical (unpaired) electrons. The van der Waals surface area contributed by atoms with Crippen LogP contribution in [0.2, 0.25) is 0 Å². The molecule has 2 fully saturated rings. The summed E-state index contributed by atoms with van der Waals surface area (Å²) in [6, 6.07) is 5.70. The Morgan fingerprint density at radius 1 is 1.24 bits per heavy atom. The first-order valence-electron chi connectivity index (χ1n) is 6.87. The molecule has 2 aliphatic rings. The molecule has 1 aromatic carbocycles. The average Bonchev–Trinajstić information content (AvgIpc) is 3.21. The van der Waals surface area contributed by atoms with Crippen molar-refractivity contribution in [2.45, 2.75) is 31.7 Å². The lowest BCUT2D eigenvalue weighted by Gasteiger charge is -2.10. The SMILES string of the molecule is NC(=N[C@@H]1C[C@H]1C1CC1)Nc1ccc(OC(F)(F)F)cc1. The van der Waals surface area contributed by atoms with Crippen LogP contribution in [-0.4, -0.2) is 18.4 Å². The van der Waals surface area contributed by atoms with Gasteiger partial charge in [0.05, 0.1) is 6.04 Å². The molecule has 114 valence electrons. The van der Waals surface area contributed by atoms with Crippen LogP contribution in [0.4, 0.5) is 18.9 Å². The molecular formula is C14H16F3N3O. The van der Waals surface area contributed by atoms with Crippen molar-refractivity contribution in [3.8, 4) is 5.75 Å². The number of halogens is 3. The van der Waals surface area contributed by atoms with Crippen molar-refractivity contribution >= 4 is 11.6 Å². The first kappa shape index (κ1) is 14.0. The van der Waals surface area contributed by atoms with E-state index in [2.05, 4.69) is 15.0 Å². The minimum atomic E-state index is -4.68. The lowest BCUT2D eigenvalue weighted by Crippen LogP contribution is -2.23. The monoisotopic (exact) mass is 299 g/mol. The number of hydrogen-bond donors (Lipinski definition) is 2. The fourth-order valence-corrected chi connectivity index (χ4v) is 2.48. The highest BCUT2D eigenvalue weighted by atomic mass is 19.4. The molecule has 0 heterocycles. The molecule has 3 N–H and O–H groups in total. The molecule has 7 heteroatoms. The quantitative estimate of drug-likeness (QED) is 0.663. The molecule has 0 unspecified atom stereocenters. The van der Waals surface area contributed by atoms with Crippen LogP contribution in [-0.2, 0) is 0 Å². The van der Waals surface area contributed by atoms with E-state index in [0.717, 1.165) is 12.3 Å². The molecule has 0 spiro atoms. The summed E-state index contributed by atoms with van der Waals surface area (Å²) in [5, 5.41) is 2.87. The Morgan fingerprint density at radius 2 is 1.90 bits per heavy atom. The smallest absolute Gasteiger partial charge is 0.406 e. The standard InChI is InChI=1S/C14H16F3N3O/c15-14(16,17)21-10-5-3-9(4-6-10)19-13(18)20-12-7-11(12)8-1-2-8/h3-6,8,11-12H,1-2,7H2,(H3,18,19,20)/t11-,12+/m0/s1. The van der Waals surface area contributed by atoms with Gasteiger partial charge in [-0.3, -0.25) is 0 Å². The van der Waals surface area contributed by atoms with Crippen molar-refractivity contribution in [2.24, 2.45) is 22.6 Å². The van der Waals surface area contributed by atoms with Crippen molar-refractivity contribution in [2.75, 3.05) is 5.32 Å². The van der Waals surface area contributed by atoms with Crippen molar-refractivity contribution in [3.05, 3.63) is 24.3 Å². The molecule has 2 aliphatic carbocycles. The lowest BCUT2D eigenvalue weighted by atomic mass is 10.3. The number of nitrogens with two attached hydrogens (primary N) is 1. The third-order valence-electron chi connectivity index (χ3n) is 3.70. The number of benzene rings is 1. The van der Waals surface area contributed by atoms with E-state index < -0.39 is 6.36 Å². The second kappa shape index (κ2) is 5.13. The number of aliphatic imine (C=N–C) groups is 1. The molecule has 0 aromatic heterocycles. The Morgan fingerprint density at radius 3 is 2.48 bits per heavy atom. The van der Waals surface area contributed by atoms with Crippen LogP contribution in [0.3, 0.4) is 0 Å². The zero-order valence-corrected chi connectivity index (χ0v) is 11.2. The van der Waals surface area contributed by atoms with Crippen molar-refractivity contribution in [1.82, 2.24) is 0 Å². The van der Waals surface area contributed by atoms with Gasteiger partial charge in [-0.15, -0.1) is 13.2 Å². The van der Waals surface area contributed by atoms with Gasteiger partial charge in [-0.25, -0.2) is 4.99 Å². The largest absolute Gasteiger partial charge is 0.573 e. The molecule has 4 nitrogen and oxygen atoms in total. The summed E-state index contributed by atoms with van der Waals surface area (Å²) in [7, 11) is 0. The van der Waals surface area contributed by atoms with E-state index in [-0.39, 0.29) is 5.75 Å². The summed E-state index contributed by atoms with van der Waals surface area (Å²) in [5.74, 6) is 1.53. The van der Waals surface area contributed by atoms with Crippen molar-refractivity contribution in [3.63, 3.8) is 0 Å². The average molecular weight is 299 g/mol. The normalized spacial score (nSPS) is 25.6. The fourth-order valence-electron chi connectivity index (χ4n) is 2.48. The van der Waals surface area contributed by atoms with Gasteiger partial charge < -0.3 is 15.8 Å². The van der Waals surface area contributed by atoms with Crippen molar-refractivity contribution < 1.29 is 17.9 Å². The molecule has 0 bridgehead atoms. The van der Waals surface area contributed by atoms with Gasteiger partial charge in [0.25, 0.3) is 0 Å². The number of hydrogen-bond acceptors (Lipinski definition) is 2. The first-order valence-corrected chi connectivity index (χ1v) is 6.87. The van der Waals surface area contributed by atoms with Crippen molar-refractivity contribution in [1.29, 1.82) is 0 Å². The zero-order chi connectivity index (χ0) is 15.0. The van der Waals surface area contributed by atoms with Gasteiger partial charge in [-0.1, -0.05) is 0 Å². The van der Waals surface area contributed by atoms with Gasteiger partial charge in [0.1, 0.15) is 5.75 Å². The Bertz CT molecular complexity index is 537. The van der Waals surface area contributed by atoms with Gasteiger partial charge >= 0.3 is 6.36 Å². The minimum absolute atomic E-state index is 0.264. The van der Waals surface area contributed by atoms with Crippen LogP contribution in [0.1, 0.15) is 19.3 Å². The third kappa shape index (κ3) is 4.03. The molecule has 0 amide bonds. The van der Waals surface area contributed by atoms with E-state index in [0.29, 0.717) is 23.6 Å². The Kier molecular flexibility index (Phi) is 3.43. The van der Waals surface area contributed by atoms with Crippen LogP contribution in [0, 0.1) is 11.8 Å². The topological polar surface area (TPSA) is 59.6 Å². The Labute approximate surface area is 120 Å². The minimum Gasteiger partial charge on any atom is -0.406 e. The van der Waals surface area contributed by atoms with E-state index in [1.54, 1.807) is 0 Å². The lowest BCUT2D eigenvalue weighted by molar-refractivity contribution is -0.274. The van der Waals surface area contributed by atoms with Gasteiger partial charge in [0.15, 0.2) is 5.96 Å². The number of ether oxygens (including phenoxy) is 1. The van der Waals surface area contributed by atoms with Gasteiger partial charge in [0, 0.05) is 5.69 Å². The zero-order valence-electron chi connectivity index (χ0n) is 11.2.